The summed E-state index contributed by atoms with van der Waals surface area (Å²) in [5.74, 6) is 0. The first kappa shape index (κ1) is 10.7. The smallest absolute Gasteiger partial charge is 0.0663 e. The van der Waals surface area contributed by atoms with Crippen molar-refractivity contribution in [3.05, 3.63) is 48.3 Å². The molecule has 0 fully saturated rings. The molecule has 1 aromatic heterocycles. The number of nitrogens with one attached hydrogen (secondary N) is 1. The van der Waals surface area contributed by atoms with Crippen LogP contribution in [0.3, 0.4) is 0 Å². The standard InChI is InChI=1S/C13H17N3/c1-11-8-9-16(15-11)12(2)10-14-13-6-4-3-5-7-13/h3-9,12,14H,10H2,1-2H3. The highest BCUT2D eigenvalue weighted by molar-refractivity contribution is 5.42. The van der Waals surface area contributed by atoms with Crippen molar-refractivity contribution in [1.29, 1.82) is 0 Å². The summed E-state index contributed by atoms with van der Waals surface area (Å²) >= 11 is 0. The minimum atomic E-state index is 0.355. The fourth-order valence-corrected chi connectivity index (χ4v) is 1.59. The summed E-state index contributed by atoms with van der Waals surface area (Å²) in [7, 11) is 0. The Morgan fingerprint density at radius 2 is 2.00 bits per heavy atom. The molecular weight excluding hydrogens is 198 g/mol. The molecule has 0 aliphatic rings. The molecule has 1 aromatic carbocycles. The van der Waals surface area contributed by atoms with Crippen LogP contribution in [0.2, 0.25) is 0 Å². The first-order valence-electron chi connectivity index (χ1n) is 5.56. The lowest BCUT2D eigenvalue weighted by Gasteiger charge is -2.14. The summed E-state index contributed by atoms with van der Waals surface area (Å²) < 4.78 is 1.99. The Morgan fingerprint density at radius 1 is 1.25 bits per heavy atom. The molecule has 0 amide bonds. The Balaban J connectivity index is 1.91. The van der Waals surface area contributed by atoms with Gasteiger partial charge in [0.1, 0.15) is 0 Å². The van der Waals surface area contributed by atoms with E-state index in [0.717, 1.165) is 17.9 Å². The number of hydrogen-bond donors (Lipinski definition) is 1. The SMILES string of the molecule is Cc1ccn(C(C)CNc2ccccc2)n1. The average Bonchev–Trinajstić information content (AvgIpc) is 2.74. The lowest BCUT2D eigenvalue weighted by atomic mass is 10.3. The Bertz CT molecular complexity index is 433. The van der Waals surface area contributed by atoms with Crippen molar-refractivity contribution in [2.24, 2.45) is 0 Å². The second kappa shape index (κ2) is 4.84. The fourth-order valence-electron chi connectivity index (χ4n) is 1.59. The van der Waals surface area contributed by atoms with Gasteiger partial charge in [-0.15, -0.1) is 0 Å². The van der Waals surface area contributed by atoms with Crippen molar-refractivity contribution in [3.8, 4) is 0 Å². The van der Waals surface area contributed by atoms with E-state index in [0.29, 0.717) is 6.04 Å². The van der Waals surface area contributed by atoms with Crippen molar-refractivity contribution < 1.29 is 0 Å². The molecule has 1 N–H and O–H groups in total. The third kappa shape index (κ3) is 2.63. The monoisotopic (exact) mass is 215 g/mol. The molecule has 2 aromatic rings. The Hall–Kier alpha value is -1.77. The summed E-state index contributed by atoms with van der Waals surface area (Å²) in [6.07, 6.45) is 2.02. The van der Waals surface area contributed by atoms with Gasteiger partial charge in [0.25, 0.3) is 0 Å². The maximum absolute atomic E-state index is 4.40. The summed E-state index contributed by atoms with van der Waals surface area (Å²) in [5, 5.41) is 7.79. The second-order valence-electron chi connectivity index (χ2n) is 4.03. The third-order valence-corrected chi connectivity index (χ3v) is 2.57. The largest absolute Gasteiger partial charge is 0.383 e. The van der Waals surface area contributed by atoms with E-state index in [2.05, 4.69) is 29.5 Å². The number of aryl methyl sites for hydroxylation is 1. The van der Waals surface area contributed by atoms with Crippen molar-refractivity contribution in [1.82, 2.24) is 9.78 Å². The van der Waals surface area contributed by atoms with Crippen LogP contribution in [0.25, 0.3) is 0 Å². The number of benzene rings is 1. The molecule has 1 heterocycles. The van der Waals surface area contributed by atoms with Crippen LogP contribution in [0.5, 0.6) is 0 Å². The summed E-state index contributed by atoms with van der Waals surface area (Å²) in [4.78, 5) is 0. The van der Waals surface area contributed by atoms with E-state index in [1.807, 2.05) is 42.1 Å². The van der Waals surface area contributed by atoms with Gasteiger partial charge in [-0.3, -0.25) is 4.68 Å². The number of hydrogen-bond acceptors (Lipinski definition) is 2. The van der Waals surface area contributed by atoms with Gasteiger partial charge in [-0.1, -0.05) is 18.2 Å². The number of rotatable bonds is 4. The van der Waals surface area contributed by atoms with Gasteiger partial charge in [-0.05, 0) is 32.0 Å². The molecule has 16 heavy (non-hydrogen) atoms. The molecule has 1 unspecified atom stereocenters. The average molecular weight is 215 g/mol. The van der Waals surface area contributed by atoms with Crippen molar-refractivity contribution in [3.63, 3.8) is 0 Å². The molecule has 0 spiro atoms. The van der Waals surface area contributed by atoms with Crippen LogP contribution in [0, 0.1) is 6.92 Å². The first-order valence-corrected chi connectivity index (χ1v) is 5.56. The number of para-hydroxylation sites is 1. The van der Waals surface area contributed by atoms with Gasteiger partial charge >= 0.3 is 0 Å². The number of nitrogens with zero attached hydrogens (tertiary/aromatic N) is 2. The van der Waals surface area contributed by atoms with Crippen LogP contribution in [0.1, 0.15) is 18.7 Å². The zero-order chi connectivity index (χ0) is 11.4. The van der Waals surface area contributed by atoms with Crippen LogP contribution < -0.4 is 5.32 Å². The van der Waals surface area contributed by atoms with Gasteiger partial charge in [-0.25, -0.2) is 0 Å². The predicted molar refractivity (Wildman–Crippen MR) is 66.6 cm³/mol. The second-order valence-corrected chi connectivity index (χ2v) is 4.03. The van der Waals surface area contributed by atoms with Gasteiger partial charge in [0.15, 0.2) is 0 Å². The van der Waals surface area contributed by atoms with E-state index in [-0.39, 0.29) is 0 Å². The molecule has 3 heteroatoms. The Labute approximate surface area is 96.1 Å². The molecule has 0 saturated heterocycles. The van der Waals surface area contributed by atoms with E-state index in [1.54, 1.807) is 0 Å². The van der Waals surface area contributed by atoms with Crippen LogP contribution in [0.4, 0.5) is 5.69 Å². The highest BCUT2D eigenvalue weighted by Crippen LogP contribution is 2.09. The fraction of sp³-hybridized carbons (Fsp3) is 0.308. The highest BCUT2D eigenvalue weighted by Gasteiger charge is 2.04. The van der Waals surface area contributed by atoms with E-state index in [4.69, 9.17) is 0 Å². The zero-order valence-corrected chi connectivity index (χ0v) is 9.72. The molecule has 3 nitrogen and oxygen atoms in total. The van der Waals surface area contributed by atoms with Gasteiger partial charge in [-0.2, -0.15) is 5.10 Å². The molecular formula is C13H17N3. The van der Waals surface area contributed by atoms with Crippen molar-refractivity contribution in [2.45, 2.75) is 19.9 Å². The first-order chi connectivity index (χ1) is 7.75. The van der Waals surface area contributed by atoms with Gasteiger partial charge in [0.05, 0.1) is 11.7 Å². The molecule has 0 bridgehead atoms. The van der Waals surface area contributed by atoms with E-state index < -0.39 is 0 Å². The zero-order valence-electron chi connectivity index (χ0n) is 9.72. The van der Waals surface area contributed by atoms with Crippen LogP contribution >= 0.6 is 0 Å². The lowest BCUT2D eigenvalue weighted by molar-refractivity contribution is 0.509. The third-order valence-electron chi connectivity index (χ3n) is 2.57. The van der Waals surface area contributed by atoms with Gasteiger partial charge in [0, 0.05) is 18.4 Å². The maximum atomic E-state index is 4.40. The maximum Gasteiger partial charge on any atom is 0.0663 e. The quantitative estimate of drug-likeness (QED) is 0.850. The van der Waals surface area contributed by atoms with E-state index in [1.165, 1.54) is 0 Å². The summed E-state index contributed by atoms with van der Waals surface area (Å²) in [5.41, 5.74) is 2.21. The highest BCUT2D eigenvalue weighted by atomic mass is 15.3. The van der Waals surface area contributed by atoms with Crippen LogP contribution in [-0.4, -0.2) is 16.3 Å². The Kier molecular flexibility index (Phi) is 3.25. The van der Waals surface area contributed by atoms with Gasteiger partial charge in [0.2, 0.25) is 0 Å². The van der Waals surface area contributed by atoms with E-state index in [9.17, 15) is 0 Å². The molecule has 2 rings (SSSR count). The normalized spacial score (nSPS) is 12.4. The van der Waals surface area contributed by atoms with E-state index >= 15 is 0 Å². The summed E-state index contributed by atoms with van der Waals surface area (Å²) in [6.45, 7) is 5.04. The van der Waals surface area contributed by atoms with Gasteiger partial charge < -0.3 is 5.32 Å². The van der Waals surface area contributed by atoms with Crippen LogP contribution in [-0.2, 0) is 0 Å². The Morgan fingerprint density at radius 3 is 2.62 bits per heavy atom. The topological polar surface area (TPSA) is 29.9 Å². The predicted octanol–water partition coefficient (Wildman–Crippen LogP) is 2.86. The van der Waals surface area contributed by atoms with Crippen molar-refractivity contribution >= 4 is 5.69 Å². The molecule has 1 atom stereocenters. The lowest BCUT2D eigenvalue weighted by Crippen LogP contribution is -2.16. The molecule has 0 radical (unpaired) electrons. The minimum absolute atomic E-state index is 0.355. The number of anilines is 1. The van der Waals surface area contributed by atoms with Crippen molar-refractivity contribution in [2.75, 3.05) is 11.9 Å². The molecule has 0 saturated carbocycles. The molecule has 0 aliphatic carbocycles. The molecule has 84 valence electrons. The minimum Gasteiger partial charge on any atom is -0.383 e. The molecule has 0 aliphatic heterocycles. The summed E-state index contributed by atoms with van der Waals surface area (Å²) in [6, 6.07) is 12.6. The van der Waals surface area contributed by atoms with Crippen LogP contribution in [0.15, 0.2) is 42.6 Å². The number of aromatic nitrogens is 2.